The van der Waals surface area contributed by atoms with Crippen molar-refractivity contribution in [1.82, 2.24) is 0 Å². The quantitative estimate of drug-likeness (QED) is 0.353. The molecule has 0 spiro atoms. The van der Waals surface area contributed by atoms with Crippen LogP contribution in [0.2, 0.25) is 0 Å². The van der Waals surface area contributed by atoms with Gasteiger partial charge in [0.2, 0.25) is 0 Å². The fourth-order valence-electron chi connectivity index (χ4n) is 5.20. The summed E-state index contributed by atoms with van der Waals surface area (Å²) in [6.45, 7) is 14.7. The van der Waals surface area contributed by atoms with Crippen LogP contribution in [0, 0.1) is 41.5 Å². The Morgan fingerprint density at radius 3 is 1.38 bits per heavy atom. The smallest absolute Gasteiger partial charge is 0.142 e. The minimum Gasteiger partial charge on any atom is -0.323 e. The molecule has 0 atom stereocenters. The van der Waals surface area contributed by atoms with E-state index in [0.29, 0.717) is 0 Å². The van der Waals surface area contributed by atoms with Gasteiger partial charge in [0.1, 0.15) is 11.1 Å². The van der Waals surface area contributed by atoms with Crippen molar-refractivity contribution in [3.8, 4) is 0 Å². The molecule has 1 fully saturated rings. The van der Waals surface area contributed by atoms with E-state index in [4.69, 9.17) is 22.5 Å². The molecule has 168 valence electrons. The summed E-state index contributed by atoms with van der Waals surface area (Å²) in [5.74, 6) is 0. The maximum Gasteiger partial charge on any atom is 0.142 e. The summed E-state index contributed by atoms with van der Waals surface area (Å²) in [5.41, 5.74) is 8.32. The van der Waals surface area contributed by atoms with Crippen LogP contribution in [0.5, 0.6) is 0 Å². The monoisotopic (exact) mass is 484 g/mol. The van der Waals surface area contributed by atoms with Gasteiger partial charge in [-0.15, -0.1) is 0 Å². The van der Waals surface area contributed by atoms with Gasteiger partial charge in [0, 0.05) is 29.8 Å². The van der Waals surface area contributed by atoms with E-state index in [9.17, 15) is 0 Å². The minimum absolute atomic E-state index is 0.848. The minimum atomic E-state index is -2.68. The third-order valence-electron chi connectivity index (χ3n) is 6.17. The molecule has 1 heterocycles. The first-order valence-corrected chi connectivity index (χ1v) is 14.6. The van der Waals surface area contributed by atoms with Crippen molar-refractivity contribution in [3.63, 3.8) is 0 Å². The zero-order chi connectivity index (χ0) is 23.2. The molecule has 1 aliphatic rings. The summed E-state index contributed by atoms with van der Waals surface area (Å²) in [6.07, 6.45) is 0. The Balaban J connectivity index is 2.02. The Kier molecular flexibility index (Phi) is 6.43. The SMILES string of the molecule is Cc1cc(C)c(N2CCN(c3c(C)cc(C)cc3C)C2=P(Cl)(Cl)c2ccccc2)c(C)c1. The maximum absolute atomic E-state index is 7.39. The number of aryl methyl sites for hydroxylation is 6. The Morgan fingerprint density at radius 2 is 1.00 bits per heavy atom. The number of anilines is 2. The molecule has 5 heteroatoms. The molecule has 0 unspecified atom stereocenters. The molecule has 0 bridgehead atoms. The molecule has 3 aromatic carbocycles. The van der Waals surface area contributed by atoms with E-state index >= 15 is 0 Å². The lowest BCUT2D eigenvalue weighted by Gasteiger charge is -2.33. The Morgan fingerprint density at radius 1 is 0.625 bits per heavy atom. The molecule has 4 rings (SSSR count). The normalized spacial score (nSPS) is 14.4. The highest BCUT2D eigenvalue weighted by atomic mass is 35.9. The van der Waals surface area contributed by atoms with Crippen molar-refractivity contribution in [3.05, 3.63) is 88.0 Å². The lowest BCUT2D eigenvalue weighted by atomic mass is 10.0. The molecule has 1 aliphatic heterocycles. The predicted molar refractivity (Wildman–Crippen MR) is 146 cm³/mol. The summed E-state index contributed by atoms with van der Waals surface area (Å²) >= 11 is 14.8. The standard InChI is InChI=1S/C27H31Cl2N2P/c1-18-14-20(3)25(21(4)15-18)30-12-13-31(26-22(5)16-19(2)17-23(26)6)27(30)32(28,29)24-10-8-7-9-11-24/h7-11,14-17H,12-13H2,1-6H3. The van der Waals surface area contributed by atoms with Crippen LogP contribution in [0.15, 0.2) is 54.6 Å². The van der Waals surface area contributed by atoms with E-state index in [-0.39, 0.29) is 0 Å². The van der Waals surface area contributed by atoms with Crippen LogP contribution in [0.1, 0.15) is 33.4 Å². The lowest BCUT2D eigenvalue weighted by molar-refractivity contribution is 1.01. The molecule has 0 radical (unpaired) electrons. The first-order valence-electron chi connectivity index (χ1n) is 11.0. The molecular weight excluding hydrogens is 454 g/mol. The third kappa shape index (κ3) is 4.10. The number of benzene rings is 3. The van der Waals surface area contributed by atoms with Crippen LogP contribution in [-0.2, 0) is 0 Å². The Hall–Kier alpha value is -1.86. The molecule has 0 saturated carbocycles. The number of hydrogen-bond donors (Lipinski definition) is 0. The Bertz CT molecular complexity index is 1110. The van der Waals surface area contributed by atoms with Crippen molar-refractivity contribution < 1.29 is 0 Å². The first-order chi connectivity index (χ1) is 15.1. The molecule has 0 amide bonds. The van der Waals surface area contributed by atoms with Crippen molar-refractivity contribution in [2.45, 2.75) is 41.5 Å². The van der Waals surface area contributed by atoms with Gasteiger partial charge in [0.25, 0.3) is 0 Å². The molecule has 0 N–H and O–H groups in total. The molecule has 0 aromatic heterocycles. The zero-order valence-corrected chi connectivity index (χ0v) is 22.1. The van der Waals surface area contributed by atoms with E-state index in [1.165, 1.54) is 44.8 Å². The summed E-state index contributed by atoms with van der Waals surface area (Å²) in [7, 11) is 0. The van der Waals surface area contributed by atoms with Crippen molar-refractivity contribution in [1.29, 1.82) is 0 Å². The first kappa shape index (κ1) is 23.3. The molecule has 2 nitrogen and oxygen atoms in total. The van der Waals surface area contributed by atoms with Crippen molar-refractivity contribution in [2.24, 2.45) is 0 Å². The summed E-state index contributed by atoms with van der Waals surface area (Å²) in [5, 5.41) is 0.986. The average Bonchev–Trinajstić information content (AvgIpc) is 3.12. The molecule has 32 heavy (non-hydrogen) atoms. The molecule has 1 saturated heterocycles. The number of nitrogens with zero attached hydrogens (tertiary/aromatic N) is 2. The fraction of sp³-hybridized carbons (Fsp3) is 0.296. The Labute approximate surface area is 202 Å². The van der Waals surface area contributed by atoms with Gasteiger partial charge in [-0.3, -0.25) is 0 Å². The lowest BCUT2D eigenvalue weighted by Crippen LogP contribution is -2.36. The van der Waals surface area contributed by atoms with Crippen LogP contribution in [-0.4, -0.2) is 18.6 Å². The van der Waals surface area contributed by atoms with E-state index in [1.54, 1.807) is 0 Å². The summed E-state index contributed by atoms with van der Waals surface area (Å²) in [6, 6.07) is 19.1. The highest BCUT2D eigenvalue weighted by Crippen LogP contribution is 2.61. The number of halogens is 2. The van der Waals surface area contributed by atoms with Crippen LogP contribution in [0.25, 0.3) is 0 Å². The second kappa shape index (κ2) is 8.82. The second-order valence-corrected chi connectivity index (χ2v) is 14.5. The van der Waals surface area contributed by atoms with Gasteiger partial charge in [0.05, 0.1) is 0 Å². The maximum atomic E-state index is 7.39. The second-order valence-electron chi connectivity index (χ2n) is 8.95. The molecule has 0 aliphatic carbocycles. The average molecular weight is 485 g/mol. The largest absolute Gasteiger partial charge is 0.323 e. The van der Waals surface area contributed by atoms with Gasteiger partial charge in [-0.2, -0.15) is 0 Å². The van der Waals surface area contributed by atoms with E-state index in [0.717, 1.165) is 23.9 Å². The fourth-order valence-corrected chi connectivity index (χ4v) is 8.75. The van der Waals surface area contributed by atoms with Crippen molar-refractivity contribution in [2.75, 3.05) is 22.9 Å². The topological polar surface area (TPSA) is 6.48 Å². The van der Waals surface area contributed by atoms with Crippen molar-refractivity contribution >= 4 is 50.3 Å². The summed E-state index contributed by atoms with van der Waals surface area (Å²) < 4.78 is 0. The van der Waals surface area contributed by atoms with Crippen LogP contribution < -0.4 is 15.1 Å². The van der Waals surface area contributed by atoms with Crippen LogP contribution >= 0.6 is 28.1 Å². The van der Waals surface area contributed by atoms with Crippen LogP contribution in [0.3, 0.4) is 0 Å². The summed E-state index contributed by atoms with van der Waals surface area (Å²) in [4.78, 5) is 4.76. The zero-order valence-electron chi connectivity index (χ0n) is 19.7. The predicted octanol–water partition coefficient (Wildman–Crippen LogP) is 7.60. The highest BCUT2D eigenvalue weighted by Gasteiger charge is 2.37. The van der Waals surface area contributed by atoms with Gasteiger partial charge in [-0.25, -0.2) is 0 Å². The number of hydrogen-bond acceptors (Lipinski definition) is 0. The third-order valence-corrected chi connectivity index (χ3v) is 10.2. The molecule has 3 aromatic rings. The van der Waals surface area contributed by atoms with Gasteiger partial charge < -0.3 is 9.80 Å². The van der Waals surface area contributed by atoms with Gasteiger partial charge in [-0.1, -0.05) is 88.2 Å². The van der Waals surface area contributed by atoms with Gasteiger partial charge in [-0.05, 0) is 63.8 Å². The van der Waals surface area contributed by atoms with Crippen LogP contribution in [0.4, 0.5) is 11.4 Å². The van der Waals surface area contributed by atoms with Gasteiger partial charge in [0.15, 0.2) is 0 Å². The molecular formula is C27H31Cl2N2P. The van der Waals surface area contributed by atoms with E-state index in [2.05, 4.69) is 87.7 Å². The van der Waals surface area contributed by atoms with Gasteiger partial charge >= 0.3 is 0 Å². The van der Waals surface area contributed by atoms with E-state index in [1.807, 2.05) is 18.2 Å². The van der Waals surface area contributed by atoms with E-state index < -0.39 is 5.59 Å². The number of rotatable bonds is 3. The highest BCUT2D eigenvalue weighted by molar-refractivity contribution is 8.21.